The van der Waals surface area contributed by atoms with Crippen LogP contribution in [0.5, 0.6) is 0 Å². The Morgan fingerprint density at radius 2 is 1.48 bits per heavy atom. The summed E-state index contributed by atoms with van der Waals surface area (Å²) in [4.78, 5) is 0. The molecule has 5 heteroatoms. The Hall–Kier alpha value is -1.30. The molecule has 2 nitrogen and oxygen atoms in total. The first-order valence-corrected chi connectivity index (χ1v) is 11.3. The second kappa shape index (κ2) is 10.6. The highest BCUT2D eigenvalue weighted by atomic mass is 79.9. The lowest BCUT2D eigenvalue weighted by atomic mass is 9.94. The van der Waals surface area contributed by atoms with Gasteiger partial charge in [0, 0.05) is 15.6 Å². The van der Waals surface area contributed by atoms with Gasteiger partial charge in [0.1, 0.15) is 11.6 Å². The molecule has 2 aromatic rings. The Morgan fingerprint density at radius 3 is 2.17 bits per heavy atom. The molecule has 2 unspecified atom stereocenters. The van der Waals surface area contributed by atoms with Gasteiger partial charge in [-0.2, -0.15) is 0 Å². The van der Waals surface area contributed by atoms with Gasteiger partial charge in [0.15, 0.2) is 0 Å². The zero-order chi connectivity index (χ0) is 20.8. The molecule has 0 N–H and O–H groups in total. The Labute approximate surface area is 180 Å². The van der Waals surface area contributed by atoms with Crippen LogP contribution in [0.1, 0.15) is 74.0 Å². The molecular formula is C24H29BrF2O2. The smallest absolute Gasteiger partial charge is 0.129 e. The summed E-state index contributed by atoms with van der Waals surface area (Å²) in [5, 5.41) is 0. The summed E-state index contributed by atoms with van der Waals surface area (Å²) >= 11 is 3.47. The van der Waals surface area contributed by atoms with E-state index in [1.807, 2.05) is 6.07 Å². The van der Waals surface area contributed by atoms with Crippen molar-refractivity contribution in [1.29, 1.82) is 0 Å². The highest BCUT2D eigenvalue weighted by Gasteiger charge is 2.25. The number of rotatable bonds is 4. The van der Waals surface area contributed by atoms with Crippen molar-refractivity contribution in [3.63, 3.8) is 0 Å². The third-order valence-electron chi connectivity index (χ3n) is 5.50. The summed E-state index contributed by atoms with van der Waals surface area (Å²) in [5.41, 5.74) is 3.76. The highest BCUT2D eigenvalue weighted by Crippen LogP contribution is 2.36. The molecule has 29 heavy (non-hydrogen) atoms. The van der Waals surface area contributed by atoms with Gasteiger partial charge < -0.3 is 9.47 Å². The third-order valence-corrected chi connectivity index (χ3v) is 6.24. The first kappa shape index (κ1) is 22.4. The van der Waals surface area contributed by atoms with Gasteiger partial charge in [-0.15, -0.1) is 0 Å². The van der Waals surface area contributed by atoms with Crippen LogP contribution in [0.15, 0.2) is 34.8 Å². The van der Waals surface area contributed by atoms with E-state index in [9.17, 15) is 8.78 Å². The van der Waals surface area contributed by atoms with Crippen LogP contribution in [0, 0.1) is 11.6 Å². The third kappa shape index (κ3) is 5.25. The maximum Gasteiger partial charge on any atom is 0.129 e. The van der Waals surface area contributed by atoms with Crippen LogP contribution in [-0.4, -0.2) is 13.2 Å². The molecule has 4 rings (SSSR count). The second-order valence-electron chi connectivity index (χ2n) is 7.53. The summed E-state index contributed by atoms with van der Waals surface area (Å²) in [6.45, 7) is 5.60. The van der Waals surface area contributed by atoms with Crippen LogP contribution >= 0.6 is 15.9 Å². The molecule has 2 aliphatic heterocycles. The first-order valence-electron chi connectivity index (χ1n) is 10.5. The van der Waals surface area contributed by atoms with Gasteiger partial charge >= 0.3 is 0 Å². The van der Waals surface area contributed by atoms with Crippen LogP contribution in [0.25, 0.3) is 0 Å². The fourth-order valence-corrected chi connectivity index (χ4v) is 4.68. The molecule has 0 saturated heterocycles. The second-order valence-corrected chi connectivity index (χ2v) is 8.38. The number of benzene rings is 2. The van der Waals surface area contributed by atoms with E-state index < -0.39 is 0 Å². The zero-order valence-electron chi connectivity index (χ0n) is 17.1. The van der Waals surface area contributed by atoms with E-state index in [0.29, 0.717) is 6.61 Å². The molecule has 2 aromatic carbocycles. The molecule has 158 valence electrons. The first-order chi connectivity index (χ1) is 14.1. The monoisotopic (exact) mass is 466 g/mol. The molecular weight excluding hydrogens is 438 g/mol. The average Bonchev–Trinajstić information content (AvgIpc) is 2.72. The molecule has 0 saturated carbocycles. The Bertz CT molecular complexity index is 825. The molecule has 0 radical (unpaired) electrons. The van der Waals surface area contributed by atoms with Crippen molar-refractivity contribution >= 4 is 15.9 Å². The van der Waals surface area contributed by atoms with Gasteiger partial charge in [-0.25, -0.2) is 8.78 Å². The average molecular weight is 467 g/mol. The van der Waals surface area contributed by atoms with Crippen molar-refractivity contribution in [2.75, 3.05) is 13.2 Å². The van der Waals surface area contributed by atoms with Crippen molar-refractivity contribution in [3.8, 4) is 0 Å². The minimum Gasteiger partial charge on any atom is -0.373 e. The fourth-order valence-electron chi connectivity index (χ4n) is 4.13. The van der Waals surface area contributed by atoms with Crippen molar-refractivity contribution < 1.29 is 18.3 Å². The predicted octanol–water partition coefficient (Wildman–Crippen LogP) is 7.24. The standard InChI is InChI=1S/C12H14BrFO.C12H15FO/c1-2-3-11-12-8(6-7-15-11)9(13)4-5-10(12)14;1-2-4-11-12-9(7-8-14-11)5-3-6-10(12)13/h4-5,11H,2-3,6-7H2,1H3;3,5-6,11H,2,4,7-8H2,1H3. The summed E-state index contributed by atoms with van der Waals surface area (Å²) in [5.74, 6) is -0.244. The largest absolute Gasteiger partial charge is 0.373 e. The van der Waals surface area contributed by atoms with Crippen LogP contribution in [0.3, 0.4) is 0 Å². The Balaban J connectivity index is 0.000000166. The van der Waals surface area contributed by atoms with Gasteiger partial charge in [0.25, 0.3) is 0 Å². The predicted molar refractivity (Wildman–Crippen MR) is 115 cm³/mol. The highest BCUT2D eigenvalue weighted by molar-refractivity contribution is 9.10. The van der Waals surface area contributed by atoms with E-state index in [0.717, 1.165) is 71.9 Å². The molecule has 0 aromatic heterocycles. The summed E-state index contributed by atoms with van der Waals surface area (Å²) < 4.78 is 39.5. The molecule has 2 atom stereocenters. The zero-order valence-corrected chi connectivity index (χ0v) is 18.7. The number of hydrogen-bond donors (Lipinski definition) is 0. The molecule has 2 heterocycles. The van der Waals surface area contributed by atoms with E-state index in [4.69, 9.17) is 9.47 Å². The molecule has 0 aliphatic carbocycles. The maximum atomic E-state index is 13.7. The van der Waals surface area contributed by atoms with Crippen molar-refractivity contribution in [2.45, 2.75) is 64.6 Å². The fraction of sp³-hybridized carbons (Fsp3) is 0.500. The lowest BCUT2D eigenvalue weighted by Crippen LogP contribution is -2.18. The van der Waals surface area contributed by atoms with E-state index >= 15 is 0 Å². The maximum absolute atomic E-state index is 13.7. The summed E-state index contributed by atoms with van der Waals surface area (Å²) in [6.07, 6.45) is 5.39. The lowest BCUT2D eigenvalue weighted by molar-refractivity contribution is 0.0330. The van der Waals surface area contributed by atoms with E-state index in [1.54, 1.807) is 12.1 Å². The molecule has 0 fully saturated rings. The lowest BCUT2D eigenvalue weighted by Gasteiger charge is -2.27. The minimum absolute atomic E-state index is 0.0232. The van der Waals surface area contributed by atoms with Gasteiger partial charge in [0.05, 0.1) is 25.4 Å². The number of hydrogen-bond acceptors (Lipinski definition) is 2. The number of ether oxygens (including phenoxy) is 2. The van der Waals surface area contributed by atoms with E-state index in [-0.39, 0.29) is 23.8 Å². The molecule has 0 amide bonds. The van der Waals surface area contributed by atoms with Gasteiger partial charge in [-0.3, -0.25) is 0 Å². The van der Waals surface area contributed by atoms with Crippen LogP contribution in [0.4, 0.5) is 8.78 Å². The number of fused-ring (bicyclic) bond motifs is 2. The van der Waals surface area contributed by atoms with Crippen LogP contribution < -0.4 is 0 Å². The van der Waals surface area contributed by atoms with E-state index in [2.05, 4.69) is 29.8 Å². The molecule has 0 bridgehead atoms. The molecule has 2 aliphatic rings. The quantitative estimate of drug-likeness (QED) is 0.472. The van der Waals surface area contributed by atoms with Crippen LogP contribution in [-0.2, 0) is 22.3 Å². The van der Waals surface area contributed by atoms with E-state index in [1.165, 1.54) is 12.1 Å². The van der Waals surface area contributed by atoms with Gasteiger partial charge in [-0.05, 0) is 55.0 Å². The summed E-state index contributed by atoms with van der Waals surface area (Å²) in [6, 6.07) is 8.60. The van der Waals surface area contributed by atoms with Gasteiger partial charge in [-0.1, -0.05) is 54.8 Å². The SMILES string of the molecule is CCCC1OCCc2c(Br)ccc(F)c21.CCCC1OCCc2cccc(F)c21. The van der Waals surface area contributed by atoms with Crippen molar-refractivity contribution in [2.24, 2.45) is 0 Å². The Kier molecular flexibility index (Phi) is 8.22. The topological polar surface area (TPSA) is 18.5 Å². The minimum atomic E-state index is -0.133. The normalized spacial score (nSPS) is 20.3. The van der Waals surface area contributed by atoms with Crippen molar-refractivity contribution in [3.05, 3.63) is 68.7 Å². The molecule has 0 spiro atoms. The number of halogens is 3. The Morgan fingerprint density at radius 1 is 0.862 bits per heavy atom. The van der Waals surface area contributed by atoms with Gasteiger partial charge in [0.2, 0.25) is 0 Å². The van der Waals surface area contributed by atoms with Crippen molar-refractivity contribution in [1.82, 2.24) is 0 Å². The van der Waals surface area contributed by atoms with Crippen LogP contribution in [0.2, 0.25) is 0 Å². The summed E-state index contributed by atoms with van der Waals surface area (Å²) in [7, 11) is 0.